The third-order valence-corrected chi connectivity index (χ3v) is 2.62. The second-order valence-electron chi connectivity index (χ2n) is 2.75. The fraction of sp³-hybridized carbons (Fsp3) is 0.400. The van der Waals surface area contributed by atoms with Crippen LogP contribution in [0, 0.1) is 0 Å². The predicted molar refractivity (Wildman–Crippen MR) is 53.7 cm³/mol. The molecular formula is C10H14S. The Labute approximate surface area is 73.1 Å². The maximum absolute atomic E-state index is 3.95. The Morgan fingerprint density at radius 3 is 2.55 bits per heavy atom. The molecule has 0 fully saturated rings. The Balaban J connectivity index is 2.83. The molecule has 60 valence electrons. The van der Waals surface area contributed by atoms with E-state index in [-0.39, 0.29) is 0 Å². The van der Waals surface area contributed by atoms with Crippen molar-refractivity contribution in [2.45, 2.75) is 19.8 Å². The summed E-state index contributed by atoms with van der Waals surface area (Å²) in [5, 5.41) is 0. The molecule has 0 saturated carbocycles. The Bertz CT molecular complexity index is 221. The van der Waals surface area contributed by atoms with Crippen molar-refractivity contribution in [3.63, 3.8) is 0 Å². The first-order valence-corrected chi connectivity index (χ1v) is 5.08. The first kappa shape index (κ1) is 8.66. The summed E-state index contributed by atoms with van der Waals surface area (Å²) in [6, 6.07) is 0. The second-order valence-corrected chi connectivity index (χ2v) is 3.60. The van der Waals surface area contributed by atoms with E-state index in [0.717, 1.165) is 0 Å². The van der Waals surface area contributed by atoms with Crippen LogP contribution in [0.25, 0.3) is 0 Å². The minimum absolute atomic E-state index is 1.17. The van der Waals surface area contributed by atoms with Crippen molar-refractivity contribution in [2.24, 2.45) is 0 Å². The van der Waals surface area contributed by atoms with E-state index >= 15 is 0 Å². The van der Waals surface area contributed by atoms with Gasteiger partial charge in [-0.3, -0.25) is 0 Å². The molecule has 0 aromatic carbocycles. The van der Waals surface area contributed by atoms with Crippen LogP contribution in [-0.4, -0.2) is 6.26 Å². The van der Waals surface area contributed by atoms with Crippen LogP contribution in [0.15, 0.2) is 34.8 Å². The highest BCUT2D eigenvalue weighted by molar-refractivity contribution is 8.02. The quantitative estimate of drug-likeness (QED) is 0.604. The molecule has 0 heterocycles. The van der Waals surface area contributed by atoms with Gasteiger partial charge in [0.25, 0.3) is 0 Å². The SMILES string of the molecule is C=C(C)C1=CCCC=C1SC. The van der Waals surface area contributed by atoms with Crippen LogP contribution in [-0.2, 0) is 0 Å². The van der Waals surface area contributed by atoms with E-state index in [1.165, 1.54) is 28.9 Å². The summed E-state index contributed by atoms with van der Waals surface area (Å²) in [5.41, 5.74) is 2.54. The minimum Gasteiger partial charge on any atom is -0.129 e. The molecule has 11 heavy (non-hydrogen) atoms. The Morgan fingerprint density at radius 2 is 2.09 bits per heavy atom. The molecule has 1 aliphatic carbocycles. The fourth-order valence-electron chi connectivity index (χ4n) is 1.23. The second kappa shape index (κ2) is 3.82. The number of hydrogen-bond donors (Lipinski definition) is 0. The van der Waals surface area contributed by atoms with Gasteiger partial charge in [-0.05, 0) is 31.6 Å². The van der Waals surface area contributed by atoms with Crippen LogP contribution >= 0.6 is 11.8 Å². The molecule has 0 bridgehead atoms. The summed E-state index contributed by atoms with van der Waals surface area (Å²) in [5.74, 6) is 0. The summed E-state index contributed by atoms with van der Waals surface area (Å²) in [6.45, 7) is 6.03. The van der Waals surface area contributed by atoms with Crippen molar-refractivity contribution >= 4 is 11.8 Å². The molecule has 0 spiro atoms. The van der Waals surface area contributed by atoms with Crippen LogP contribution < -0.4 is 0 Å². The molecule has 0 aromatic heterocycles. The maximum atomic E-state index is 3.95. The third kappa shape index (κ3) is 2.00. The van der Waals surface area contributed by atoms with Crippen molar-refractivity contribution < 1.29 is 0 Å². The van der Waals surface area contributed by atoms with E-state index in [1.54, 1.807) is 0 Å². The van der Waals surface area contributed by atoms with Gasteiger partial charge in [-0.15, -0.1) is 11.8 Å². The smallest absolute Gasteiger partial charge is 0.0101 e. The van der Waals surface area contributed by atoms with E-state index in [4.69, 9.17) is 0 Å². The standard InChI is InChI=1S/C10H14S/c1-8(2)9-6-4-5-7-10(9)11-3/h6-7H,1,4-5H2,2-3H3. The molecule has 0 aromatic rings. The van der Waals surface area contributed by atoms with Crippen molar-refractivity contribution in [3.05, 3.63) is 34.8 Å². The van der Waals surface area contributed by atoms with Gasteiger partial charge < -0.3 is 0 Å². The van der Waals surface area contributed by atoms with Crippen molar-refractivity contribution in [2.75, 3.05) is 6.26 Å². The molecule has 0 N–H and O–H groups in total. The predicted octanol–water partition coefficient (Wildman–Crippen LogP) is 3.53. The number of thioether (sulfide) groups is 1. The highest BCUT2D eigenvalue weighted by Crippen LogP contribution is 2.30. The van der Waals surface area contributed by atoms with Gasteiger partial charge in [0.15, 0.2) is 0 Å². The Hall–Kier alpha value is -0.430. The third-order valence-electron chi connectivity index (χ3n) is 1.79. The zero-order valence-electron chi connectivity index (χ0n) is 7.18. The van der Waals surface area contributed by atoms with Gasteiger partial charge in [0, 0.05) is 4.91 Å². The zero-order valence-corrected chi connectivity index (χ0v) is 8.00. The van der Waals surface area contributed by atoms with Crippen LogP contribution in [0.3, 0.4) is 0 Å². The average Bonchev–Trinajstić information content (AvgIpc) is 2.04. The lowest BCUT2D eigenvalue weighted by atomic mass is 10.0. The largest absolute Gasteiger partial charge is 0.129 e. The van der Waals surface area contributed by atoms with Gasteiger partial charge in [-0.1, -0.05) is 24.3 Å². The molecule has 0 aliphatic heterocycles. The average molecular weight is 166 g/mol. The summed E-state index contributed by atoms with van der Waals surface area (Å²) in [6.07, 6.45) is 9.07. The molecule has 0 radical (unpaired) electrons. The zero-order chi connectivity index (χ0) is 8.27. The number of hydrogen-bond acceptors (Lipinski definition) is 1. The molecule has 0 nitrogen and oxygen atoms in total. The number of rotatable bonds is 2. The summed E-state index contributed by atoms with van der Waals surface area (Å²) in [4.78, 5) is 1.39. The van der Waals surface area contributed by atoms with Gasteiger partial charge >= 0.3 is 0 Å². The molecule has 0 unspecified atom stereocenters. The van der Waals surface area contributed by atoms with Gasteiger partial charge in [0.1, 0.15) is 0 Å². The lowest BCUT2D eigenvalue weighted by Gasteiger charge is -2.13. The van der Waals surface area contributed by atoms with E-state index in [1.807, 2.05) is 11.8 Å². The number of allylic oxidation sites excluding steroid dienone is 4. The van der Waals surface area contributed by atoms with E-state index in [9.17, 15) is 0 Å². The molecule has 1 aliphatic rings. The van der Waals surface area contributed by atoms with Crippen molar-refractivity contribution in [3.8, 4) is 0 Å². The van der Waals surface area contributed by atoms with Crippen LogP contribution in [0.2, 0.25) is 0 Å². The molecule has 0 atom stereocenters. The summed E-state index contributed by atoms with van der Waals surface area (Å²) < 4.78 is 0. The molecule has 0 saturated heterocycles. The van der Waals surface area contributed by atoms with Crippen LogP contribution in [0.5, 0.6) is 0 Å². The van der Waals surface area contributed by atoms with Crippen molar-refractivity contribution in [1.29, 1.82) is 0 Å². The van der Waals surface area contributed by atoms with Crippen LogP contribution in [0.4, 0.5) is 0 Å². The fourth-order valence-corrected chi connectivity index (χ4v) is 1.99. The minimum atomic E-state index is 1.17. The van der Waals surface area contributed by atoms with E-state index in [0.29, 0.717) is 0 Å². The Morgan fingerprint density at radius 1 is 1.45 bits per heavy atom. The maximum Gasteiger partial charge on any atom is 0.0101 e. The molecule has 0 amide bonds. The molecule has 1 rings (SSSR count). The highest BCUT2D eigenvalue weighted by atomic mass is 32.2. The normalized spacial score (nSPS) is 17.3. The lowest BCUT2D eigenvalue weighted by molar-refractivity contribution is 1.01. The van der Waals surface area contributed by atoms with Gasteiger partial charge in [-0.2, -0.15) is 0 Å². The topological polar surface area (TPSA) is 0 Å². The van der Waals surface area contributed by atoms with Crippen molar-refractivity contribution in [1.82, 2.24) is 0 Å². The van der Waals surface area contributed by atoms with Gasteiger partial charge in [-0.25, -0.2) is 0 Å². The lowest BCUT2D eigenvalue weighted by Crippen LogP contribution is -1.92. The van der Waals surface area contributed by atoms with Crippen LogP contribution in [0.1, 0.15) is 19.8 Å². The highest BCUT2D eigenvalue weighted by Gasteiger charge is 2.07. The van der Waals surface area contributed by atoms with E-state index in [2.05, 4.69) is 31.9 Å². The first-order chi connectivity index (χ1) is 5.25. The summed E-state index contributed by atoms with van der Waals surface area (Å²) >= 11 is 1.81. The first-order valence-electron chi connectivity index (χ1n) is 3.86. The Kier molecular flexibility index (Phi) is 3.01. The van der Waals surface area contributed by atoms with Gasteiger partial charge in [0.2, 0.25) is 0 Å². The molecule has 1 heteroatoms. The van der Waals surface area contributed by atoms with Gasteiger partial charge in [0.05, 0.1) is 0 Å². The summed E-state index contributed by atoms with van der Waals surface area (Å²) in [7, 11) is 0. The molecular weight excluding hydrogens is 152 g/mol. The monoisotopic (exact) mass is 166 g/mol. The van der Waals surface area contributed by atoms with E-state index < -0.39 is 0 Å².